The fraction of sp³-hybridized carbons (Fsp3) is 0.800. The summed E-state index contributed by atoms with van der Waals surface area (Å²) in [7, 11) is 1.28. The number of aliphatic hydroxyl groups is 1. The molecule has 0 bridgehead atoms. The fourth-order valence-corrected chi connectivity index (χ4v) is 0.496. The monoisotopic (exact) mass is 196 g/mol. The summed E-state index contributed by atoms with van der Waals surface area (Å²) < 4.78 is 4.33. The number of hydrogen-bond acceptors (Lipinski definition) is 3. The van der Waals surface area contributed by atoms with Crippen LogP contribution in [0.25, 0.3) is 0 Å². The Kier molecular flexibility index (Phi) is 3.81. The van der Waals surface area contributed by atoms with Crippen molar-refractivity contribution >= 4 is 21.9 Å². The van der Waals surface area contributed by atoms with Crippen molar-refractivity contribution in [2.75, 3.05) is 7.11 Å². The lowest BCUT2D eigenvalue weighted by atomic mass is 10.3. The van der Waals surface area contributed by atoms with Crippen molar-refractivity contribution in [3.05, 3.63) is 0 Å². The van der Waals surface area contributed by atoms with Gasteiger partial charge in [0.15, 0.2) is 0 Å². The van der Waals surface area contributed by atoms with E-state index in [-0.39, 0.29) is 0 Å². The first-order valence-corrected chi connectivity index (χ1v) is 3.41. The summed E-state index contributed by atoms with van der Waals surface area (Å²) >= 11 is 2.94. The summed E-state index contributed by atoms with van der Waals surface area (Å²) in [5.74, 6) is -0.454. The molecule has 0 radical (unpaired) electrons. The first kappa shape index (κ1) is 8.91. The van der Waals surface area contributed by atoms with Crippen molar-refractivity contribution in [2.45, 2.75) is 17.9 Å². The molecule has 0 heterocycles. The zero-order chi connectivity index (χ0) is 7.44. The van der Waals surface area contributed by atoms with Crippen LogP contribution in [0.3, 0.4) is 0 Å². The molecule has 0 aromatic rings. The minimum atomic E-state index is -0.711. The molecule has 1 N–H and O–H groups in total. The number of methoxy groups -OCH3 is 1. The molecule has 0 fully saturated rings. The second kappa shape index (κ2) is 3.85. The van der Waals surface area contributed by atoms with Gasteiger partial charge in [-0.3, -0.25) is 4.79 Å². The molecule has 0 saturated carbocycles. The first-order chi connectivity index (χ1) is 4.09. The van der Waals surface area contributed by atoms with Gasteiger partial charge in [-0.15, -0.1) is 0 Å². The van der Waals surface area contributed by atoms with E-state index >= 15 is 0 Å². The number of carbonyl (C=O) groups is 1. The van der Waals surface area contributed by atoms with Crippen molar-refractivity contribution < 1.29 is 14.6 Å². The van der Waals surface area contributed by atoms with Crippen LogP contribution in [0.4, 0.5) is 0 Å². The Morgan fingerprint density at radius 1 is 1.78 bits per heavy atom. The molecular weight excluding hydrogens is 188 g/mol. The molecule has 0 spiro atoms. The molecule has 0 aromatic heterocycles. The summed E-state index contributed by atoms with van der Waals surface area (Å²) in [5, 5.41) is 8.77. The van der Waals surface area contributed by atoms with Gasteiger partial charge in [-0.1, -0.05) is 15.9 Å². The Hall–Kier alpha value is -0.0900. The zero-order valence-electron chi connectivity index (χ0n) is 5.30. The highest BCUT2D eigenvalue weighted by Gasteiger charge is 2.19. The van der Waals surface area contributed by atoms with E-state index in [1.165, 1.54) is 14.0 Å². The minimum Gasteiger partial charge on any atom is -0.468 e. The molecule has 0 aliphatic carbocycles. The summed E-state index contributed by atoms with van der Waals surface area (Å²) in [6, 6.07) is 0. The molecule has 0 unspecified atom stereocenters. The van der Waals surface area contributed by atoms with Crippen LogP contribution in [0.5, 0.6) is 0 Å². The third-order valence-electron chi connectivity index (χ3n) is 0.850. The van der Waals surface area contributed by atoms with Gasteiger partial charge in [-0.2, -0.15) is 0 Å². The molecule has 0 rings (SSSR count). The highest BCUT2D eigenvalue weighted by atomic mass is 79.9. The zero-order valence-corrected chi connectivity index (χ0v) is 6.88. The van der Waals surface area contributed by atoms with Gasteiger partial charge in [-0.05, 0) is 6.92 Å². The number of rotatable bonds is 2. The quantitative estimate of drug-likeness (QED) is 0.511. The predicted molar refractivity (Wildman–Crippen MR) is 36.4 cm³/mol. The van der Waals surface area contributed by atoms with E-state index in [1.54, 1.807) is 0 Å². The second-order valence-electron chi connectivity index (χ2n) is 1.67. The number of aliphatic hydroxyl groups excluding tert-OH is 1. The van der Waals surface area contributed by atoms with Crippen LogP contribution in [0.2, 0.25) is 0 Å². The standard InChI is InChI=1S/C5H9BrO3/c1-3(7)4(6)5(8)9-2/h3-4,7H,1-2H3/t3-,4+/m0/s1. The molecule has 9 heavy (non-hydrogen) atoms. The maximum Gasteiger partial charge on any atom is 0.322 e. The molecule has 0 aliphatic heterocycles. The molecule has 4 heteroatoms. The number of hydrogen-bond donors (Lipinski definition) is 1. The lowest BCUT2D eigenvalue weighted by Gasteiger charge is -2.08. The molecule has 0 aromatic carbocycles. The maximum absolute atomic E-state index is 10.5. The van der Waals surface area contributed by atoms with Crippen LogP contribution in [0.15, 0.2) is 0 Å². The van der Waals surface area contributed by atoms with Crippen LogP contribution >= 0.6 is 15.9 Å². The Morgan fingerprint density at radius 2 is 2.22 bits per heavy atom. The summed E-state index contributed by atoms with van der Waals surface area (Å²) in [5.41, 5.74) is 0. The lowest BCUT2D eigenvalue weighted by molar-refractivity contribution is -0.141. The first-order valence-electron chi connectivity index (χ1n) is 2.49. The van der Waals surface area contributed by atoms with Crippen molar-refractivity contribution in [2.24, 2.45) is 0 Å². The van der Waals surface area contributed by atoms with Gasteiger partial charge in [0.05, 0.1) is 13.2 Å². The van der Waals surface area contributed by atoms with E-state index in [0.29, 0.717) is 0 Å². The summed E-state index contributed by atoms with van der Waals surface area (Å²) in [6.07, 6.45) is -0.711. The maximum atomic E-state index is 10.5. The topological polar surface area (TPSA) is 46.5 Å². The molecule has 54 valence electrons. The summed E-state index contributed by atoms with van der Waals surface area (Å²) in [4.78, 5) is 9.92. The highest BCUT2D eigenvalue weighted by molar-refractivity contribution is 9.10. The second-order valence-corrected chi connectivity index (χ2v) is 2.65. The van der Waals surface area contributed by atoms with E-state index in [1.807, 2.05) is 0 Å². The van der Waals surface area contributed by atoms with Crippen molar-refractivity contribution in [1.29, 1.82) is 0 Å². The third-order valence-corrected chi connectivity index (χ3v) is 1.99. The van der Waals surface area contributed by atoms with Gasteiger partial charge in [-0.25, -0.2) is 0 Å². The van der Waals surface area contributed by atoms with Crippen LogP contribution in [0.1, 0.15) is 6.92 Å². The average Bonchev–Trinajstić information content (AvgIpc) is 1.84. The van der Waals surface area contributed by atoms with E-state index < -0.39 is 16.9 Å². The van der Waals surface area contributed by atoms with E-state index in [9.17, 15) is 4.79 Å². The number of esters is 1. The van der Waals surface area contributed by atoms with E-state index in [0.717, 1.165) is 0 Å². The SMILES string of the molecule is COC(=O)[C@H](Br)[C@H](C)O. The van der Waals surface area contributed by atoms with E-state index in [4.69, 9.17) is 5.11 Å². The van der Waals surface area contributed by atoms with Gasteiger partial charge in [0.2, 0.25) is 0 Å². The van der Waals surface area contributed by atoms with Gasteiger partial charge in [0.1, 0.15) is 4.83 Å². The van der Waals surface area contributed by atoms with Gasteiger partial charge in [0.25, 0.3) is 0 Å². The Balaban J connectivity index is 3.72. The molecule has 0 saturated heterocycles. The molecular formula is C5H9BrO3. The molecule has 0 aliphatic rings. The molecule has 0 amide bonds. The van der Waals surface area contributed by atoms with Crippen LogP contribution in [-0.4, -0.2) is 29.1 Å². The average molecular weight is 197 g/mol. The van der Waals surface area contributed by atoms with Crippen LogP contribution in [0, 0.1) is 0 Å². The largest absolute Gasteiger partial charge is 0.468 e. The fourth-order valence-electron chi connectivity index (χ4n) is 0.310. The Bertz CT molecular complexity index is 102. The molecule has 3 nitrogen and oxygen atoms in total. The van der Waals surface area contributed by atoms with E-state index in [2.05, 4.69) is 20.7 Å². The Labute approximate surface area is 62.1 Å². The number of halogens is 1. The van der Waals surface area contributed by atoms with Gasteiger partial charge in [0, 0.05) is 0 Å². The van der Waals surface area contributed by atoms with Gasteiger partial charge < -0.3 is 9.84 Å². The lowest BCUT2D eigenvalue weighted by Crippen LogP contribution is -2.26. The summed E-state index contributed by atoms with van der Waals surface area (Å²) in [6.45, 7) is 1.51. The van der Waals surface area contributed by atoms with Crippen LogP contribution < -0.4 is 0 Å². The predicted octanol–water partition coefficient (Wildman–Crippen LogP) is 0.304. The number of alkyl halides is 1. The Morgan fingerprint density at radius 3 is 2.33 bits per heavy atom. The van der Waals surface area contributed by atoms with Crippen molar-refractivity contribution in [3.8, 4) is 0 Å². The number of ether oxygens (including phenoxy) is 1. The smallest absolute Gasteiger partial charge is 0.322 e. The third kappa shape index (κ3) is 2.81. The molecule has 2 atom stereocenters. The van der Waals surface area contributed by atoms with Crippen molar-refractivity contribution in [3.63, 3.8) is 0 Å². The number of carbonyl (C=O) groups excluding carboxylic acids is 1. The minimum absolute atomic E-state index is 0.454. The highest BCUT2D eigenvalue weighted by Crippen LogP contribution is 2.06. The normalized spacial score (nSPS) is 16.4. The van der Waals surface area contributed by atoms with Gasteiger partial charge >= 0.3 is 5.97 Å². The van der Waals surface area contributed by atoms with Crippen molar-refractivity contribution in [1.82, 2.24) is 0 Å². The van der Waals surface area contributed by atoms with Crippen LogP contribution in [-0.2, 0) is 9.53 Å².